The number of hydrogen-bond donors (Lipinski definition) is 1. The van der Waals surface area contributed by atoms with Crippen LogP contribution in [0.5, 0.6) is 0 Å². The number of alkyl halides is 2. The molecule has 34 heavy (non-hydrogen) atoms. The van der Waals surface area contributed by atoms with Gasteiger partial charge in [0.25, 0.3) is 0 Å². The molecule has 2 atom stereocenters. The Hall–Kier alpha value is -2.07. The minimum Gasteiger partial charge on any atom is -0.348 e. The van der Waals surface area contributed by atoms with Crippen molar-refractivity contribution in [2.24, 2.45) is 7.05 Å². The average molecular weight is 479 g/mol. The molecule has 1 N–H and O–H groups in total. The third kappa shape index (κ3) is 4.58. The van der Waals surface area contributed by atoms with Gasteiger partial charge in [0.15, 0.2) is 0 Å². The number of aromatic nitrogens is 2. The van der Waals surface area contributed by atoms with E-state index in [4.69, 9.17) is 0 Å². The molecule has 3 saturated heterocycles. The molecule has 4 aliphatic rings. The number of likely N-dealkylation sites (N-methyl/N-ethyl adjacent to an activating group) is 1. The van der Waals surface area contributed by atoms with Crippen molar-refractivity contribution in [3.05, 3.63) is 18.2 Å². The molecule has 1 aromatic heterocycles. The maximum absolute atomic E-state index is 13.6. The number of halogens is 2. The second-order valence-electron chi connectivity index (χ2n) is 10.9. The minimum atomic E-state index is -2.56. The van der Waals surface area contributed by atoms with Gasteiger partial charge in [0.05, 0.1) is 24.0 Å². The highest BCUT2D eigenvalue weighted by atomic mass is 19.3. The molecule has 8 nitrogen and oxygen atoms in total. The highest BCUT2D eigenvalue weighted by Crippen LogP contribution is 2.38. The summed E-state index contributed by atoms with van der Waals surface area (Å²) in [5, 5.41) is 3.27. The number of fused-ring (bicyclic) bond motifs is 1. The molecule has 1 aliphatic carbocycles. The van der Waals surface area contributed by atoms with Gasteiger partial charge >= 0.3 is 0 Å². The molecule has 0 bridgehead atoms. The molecule has 0 aromatic carbocycles. The summed E-state index contributed by atoms with van der Waals surface area (Å²) in [7, 11) is 3.95. The number of aryl methyl sites for hydroxylation is 1. The molecule has 3 aliphatic heterocycles. The number of rotatable bonds is 4. The van der Waals surface area contributed by atoms with Crippen LogP contribution < -0.4 is 5.32 Å². The van der Waals surface area contributed by atoms with Crippen molar-refractivity contribution in [3.8, 4) is 0 Å². The number of carbonyl (C=O) groups is 2. The van der Waals surface area contributed by atoms with Crippen molar-refractivity contribution >= 4 is 11.8 Å². The van der Waals surface area contributed by atoms with E-state index in [9.17, 15) is 18.4 Å². The van der Waals surface area contributed by atoms with Crippen LogP contribution in [0.4, 0.5) is 8.78 Å². The number of likely N-dealkylation sites (tertiary alicyclic amines) is 1. The highest BCUT2D eigenvalue weighted by Gasteiger charge is 2.50. The second kappa shape index (κ2) is 8.86. The normalized spacial score (nSPS) is 30.0. The largest absolute Gasteiger partial charge is 0.348 e. The first-order valence-corrected chi connectivity index (χ1v) is 12.5. The van der Waals surface area contributed by atoms with Crippen molar-refractivity contribution in [2.45, 2.75) is 87.5 Å². The Balaban J connectivity index is 1.19. The Morgan fingerprint density at radius 2 is 1.85 bits per heavy atom. The lowest BCUT2D eigenvalue weighted by atomic mass is 9.84. The second-order valence-corrected chi connectivity index (χ2v) is 10.9. The van der Waals surface area contributed by atoms with Gasteiger partial charge in [-0.15, -0.1) is 0 Å². The van der Waals surface area contributed by atoms with Gasteiger partial charge < -0.3 is 14.8 Å². The monoisotopic (exact) mass is 478 g/mol. The lowest BCUT2D eigenvalue weighted by molar-refractivity contribution is -0.135. The Morgan fingerprint density at radius 3 is 2.50 bits per heavy atom. The predicted molar refractivity (Wildman–Crippen MR) is 122 cm³/mol. The quantitative estimate of drug-likeness (QED) is 0.714. The molecule has 4 heterocycles. The maximum Gasteiger partial charge on any atom is 0.248 e. The zero-order valence-electron chi connectivity index (χ0n) is 20.2. The standard InChI is InChI=1S/C24H36F2N6O2/c1-29-16-27-13-19(29)14-31-9-7-23(8-10-31)12-21(33)32-15-18(11-20(32)22(34)28-23)30(2)17-3-5-24(25,26)6-4-17/h13,16-18,20H,3-12,14-15H2,1-2H3,(H,28,34)/t18-,20-/m0/s1. The highest BCUT2D eigenvalue weighted by molar-refractivity contribution is 5.92. The molecular formula is C24H36F2N6O2. The van der Waals surface area contributed by atoms with Gasteiger partial charge in [0.2, 0.25) is 17.7 Å². The van der Waals surface area contributed by atoms with Crippen molar-refractivity contribution in [3.63, 3.8) is 0 Å². The van der Waals surface area contributed by atoms with E-state index in [2.05, 4.69) is 20.1 Å². The zero-order valence-corrected chi connectivity index (χ0v) is 20.2. The number of nitrogens with one attached hydrogen (secondary N) is 1. The molecule has 1 spiro atoms. The van der Waals surface area contributed by atoms with Gasteiger partial charge in [-0.05, 0) is 39.2 Å². The number of hydrogen-bond acceptors (Lipinski definition) is 5. The lowest BCUT2D eigenvalue weighted by Crippen LogP contribution is -2.56. The van der Waals surface area contributed by atoms with E-state index >= 15 is 0 Å². The summed E-state index contributed by atoms with van der Waals surface area (Å²) in [6.45, 7) is 2.95. The van der Waals surface area contributed by atoms with Crippen molar-refractivity contribution < 1.29 is 18.4 Å². The molecule has 2 amide bonds. The smallest absolute Gasteiger partial charge is 0.248 e. The average Bonchev–Trinajstić information content (AvgIpc) is 3.40. The molecule has 10 heteroatoms. The van der Waals surface area contributed by atoms with Gasteiger partial charge in [-0.1, -0.05) is 0 Å². The topological polar surface area (TPSA) is 73.7 Å². The first-order valence-electron chi connectivity index (χ1n) is 12.5. The maximum atomic E-state index is 13.6. The van der Waals surface area contributed by atoms with Crippen LogP contribution in [0.1, 0.15) is 57.1 Å². The summed E-state index contributed by atoms with van der Waals surface area (Å²) >= 11 is 0. The Labute approximate surface area is 199 Å². The van der Waals surface area contributed by atoms with Crippen LogP contribution in [0.2, 0.25) is 0 Å². The van der Waals surface area contributed by atoms with E-state index in [-0.39, 0.29) is 36.7 Å². The molecule has 4 fully saturated rings. The van der Waals surface area contributed by atoms with Crippen LogP contribution in [0, 0.1) is 0 Å². The zero-order chi connectivity index (χ0) is 24.1. The number of nitrogens with zero attached hydrogens (tertiary/aromatic N) is 5. The van der Waals surface area contributed by atoms with Crippen LogP contribution >= 0.6 is 0 Å². The molecular weight excluding hydrogens is 442 g/mol. The summed E-state index contributed by atoms with van der Waals surface area (Å²) in [6, 6.07) is -0.343. The van der Waals surface area contributed by atoms with E-state index in [0.717, 1.165) is 38.2 Å². The molecule has 5 rings (SSSR count). The number of carbonyl (C=O) groups excluding carboxylic acids is 2. The van der Waals surface area contributed by atoms with Crippen molar-refractivity contribution in [1.82, 2.24) is 29.6 Å². The first-order chi connectivity index (χ1) is 16.1. The fourth-order valence-corrected chi connectivity index (χ4v) is 6.35. The number of imidazole rings is 1. The van der Waals surface area contributed by atoms with E-state index in [1.54, 1.807) is 11.2 Å². The fourth-order valence-electron chi connectivity index (χ4n) is 6.35. The number of piperidine rings is 1. The lowest BCUT2D eigenvalue weighted by Gasteiger charge is -2.41. The van der Waals surface area contributed by atoms with Crippen LogP contribution in [0.3, 0.4) is 0 Å². The summed E-state index contributed by atoms with van der Waals surface area (Å²) in [5.41, 5.74) is 0.673. The SMILES string of the molecule is CN(C1CCC(F)(F)CC1)[C@H]1C[C@H]2C(=O)NC3(CCN(Cc4cncn4C)CC3)CC(=O)N2C1. The summed E-state index contributed by atoms with van der Waals surface area (Å²) in [4.78, 5) is 37.0. The Kier molecular flexibility index (Phi) is 6.16. The summed E-state index contributed by atoms with van der Waals surface area (Å²) < 4.78 is 29.2. The molecule has 1 saturated carbocycles. The van der Waals surface area contributed by atoms with E-state index in [1.807, 2.05) is 24.9 Å². The van der Waals surface area contributed by atoms with Gasteiger partial charge in [-0.3, -0.25) is 19.4 Å². The third-order valence-corrected chi connectivity index (χ3v) is 8.73. The molecule has 0 unspecified atom stereocenters. The third-order valence-electron chi connectivity index (χ3n) is 8.73. The Bertz CT molecular complexity index is 890. The first kappa shape index (κ1) is 23.7. The summed E-state index contributed by atoms with van der Waals surface area (Å²) in [6.07, 6.45) is 6.85. The molecule has 0 radical (unpaired) electrons. The van der Waals surface area contributed by atoms with Gasteiger partial charge in [0.1, 0.15) is 6.04 Å². The van der Waals surface area contributed by atoms with E-state index in [1.165, 1.54) is 0 Å². The van der Waals surface area contributed by atoms with Crippen LogP contribution in [-0.2, 0) is 23.2 Å². The van der Waals surface area contributed by atoms with Gasteiger partial charge in [-0.2, -0.15) is 0 Å². The van der Waals surface area contributed by atoms with Gasteiger partial charge in [-0.25, -0.2) is 13.8 Å². The Morgan fingerprint density at radius 1 is 1.15 bits per heavy atom. The van der Waals surface area contributed by atoms with E-state index < -0.39 is 17.5 Å². The van der Waals surface area contributed by atoms with Crippen molar-refractivity contribution in [1.29, 1.82) is 0 Å². The number of amides is 2. The van der Waals surface area contributed by atoms with Crippen LogP contribution in [0.15, 0.2) is 12.5 Å². The van der Waals surface area contributed by atoms with E-state index in [0.29, 0.717) is 32.2 Å². The predicted octanol–water partition coefficient (Wildman–Crippen LogP) is 1.75. The molecule has 188 valence electrons. The summed E-state index contributed by atoms with van der Waals surface area (Å²) in [5.74, 6) is -2.58. The van der Waals surface area contributed by atoms with Crippen molar-refractivity contribution in [2.75, 3.05) is 26.7 Å². The van der Waals surface area contributed by atoms with Crippen LogP contribution in [-0.4, -0.2) is 92.3 Å². The van der Waals surface area contributed by atoms with Crippen LogP contribution in [0.25, 0.3) is 0 Å². The minimum absolute atomic E-state index is 0.0335. The van der Waals surface area contributed by atoms with Gasteiger partial charge in [0, 0.05) is 64.3 Å². The fraction of sp³-hybridized carbons (Fsp3) is 0.792. The molecule has 1 aromatic rings.